The maximum absolute atomic E-state index is 12.5. The Morgan fingerprint density at radius 1 is 1.27 bits per heavy atom. The highest BCUT2D eigenvalue weighted by Gasteiger charge is 2.43. The Morgan fingerprint density at radius 2 is 1.95 bits per heavy atom. The van der Waals surface area contributed by atoms with Gasteiger partial charge in [0, 0.05) is 11.9 Å². The second-order valence-corrected chi connectivity index (χ2v) is 10.4. The second-order valence-electron chi connectivity index (χ2n) is 10.4. The lowest BCUT2D eigenvalue weighted by molar-refractivity contribution is -0.0549. The molecule has 1 aromatic rings. The summed E-state index contributed by atoms with van der Waals surface area (Å²) in [6, 6.07) is 0.947. The number of nitrogens with one attached hydrogen (secondary N) is 2. The molecule has 12 heteroatoms. The van der Waals surface area contributed by atoms with E-state index in [-0.39, 0.29) is 11.7 Å². The van der Waals surface area contributed by atoms with Crippen LogP contribution in [-0.2, 0) is 14.2 Å². The SMILES string of the molecule is C=C(CCC(NC(=O)OC(C)(C)C)C(=C)OCC(C)C)Nc1ccn([C@@H]2O[C@H](CO)[C@H](O)C2O)c(=O)n1. The van der Waals surface area contributed by atoms with E-state index >= 15 is 0 Å². The van der Waals surface area contributed by atoms with Crippen LogP contribution in [0.5, 0.6) is 0 Å². The van der Waals surface area contributed by atoms with Gasteiger partial charge in [0.15, 0.2) is 6.23 Å². The molecule has 0 bridgehead atoms. The van der Waals surface area contributed by atoms with Gasteiger partial charge in [-0.05, 0) is 45.6 Å². The van der Waals surface area contributed by atoms with Gasteiger partial charge < -0.3 is 40.2 Å². The number of nitrogens with zero attached hydrogens (tertiary/aromatic N) is 2. The molecule has 1 aromatic heterocycles. The van der Waals surface area contributed by atoms with Gasteiger partial charge >= 0.3 is 11.8 Å². The number of carbonyl (C=O) groups is 1. The fraction of sp³-hybridized carbons (Fsp3) is 0.640. The van der Waals surface area contributed by atoms with Crippen LogP contribution in [0.2, 0.25) is 0 Å². The van der Waals surface area contributed by atoms with Crippen molar-refractivity contribution in [2.45, 2.75) is 83.6 Å². The highest BCUT2D eigenvalue weighted by molar-refractivity contribution is 5.68. The summed E-state index contributed by atoms with van der Waals surface area (Å²) in [5, 5.41) is 35.1. The van der Waals surface area contributed by atoms with Crippen molar-refractivity contribution in [3.8, 4) is 0 Å². The van der Waals surface area contributed by atoms with Crippen LogP contribution in [0.3, 0.4) is 0 Å². The lowest BCUT2D eigenvalue weighted by Gasteiger charge is -2.25. The molecular weight excluding hydrogens is 484 g/mol. The van der Waals surface area contributed by atoms with Crippen LogP contribution in [0.25, 0.3) is 0 Å². The minimum absolute atomic E-state index is 0.213. The molecule has 0 radical (unpaired) electrons. The van der Waals surface area contributed by atoms with Crippen LogP contribution < -0.4 is 16.3 Å². The Kier molecular flexibility index (Phi) is 10.7. The number of alkyl carbamates (subject to hydrolysis) is 1. The second kappa shape index (κ2) is 13.0. The molecule has 2 heterocycles. The topological polar surface area (TPSA) is 164 Å². The molecule has 5 atom stereocenters. The highest BCUT2D eigenvalue weighted by Crippen LogP contribution is 2.28. The molecule has 1 saturated heterocycles. The molecular formula is C25H40N4O8. The van der Waals surface area contributed by atoms with Crippen LogP contribution >= 0.6 is 0 Å². The number of rotatable bonds is 12. The van der Waals surface area contributed by atoms with E-state index in [4.69, 9.17) is 14.2 Å². The average Bonchev–Trinajstić information content (AvgIpc) is 3.07. The van der Waals surface area contributed by atoms with Crippen LogP contribution in [-0.4, -0.2) is 74.1 Å². The van der Waals surface area contributed by atoms with E-state index in [1.807, 2.05) is 13.8 Å². The summed E-state index contributed by atoms with van der Waals surface area (Å²) in [7, 11) is 0. The summed E-state index contributed by atoms with van der Waals surface area (Å²) < 4.78 is 17.5. The zero-order valence-electron chi connectivity index (χ0n) is 22.1. The highest BCUT2D eigenvalue weighted by atomic mass is 16.6. The predicted molar refractivity (Wildman–Crippen MR) is 137 cm³/mol. The summed E-state index contributed by atoms with van der Waals surface area (Å²) >= 11 is 0. The van der Waals surface area contributed by atoms with E-state index in [0.717, 1.165) is 4.57 Å². The molecule has 208 valence electrons. The fourth-order valence-corrected chi connectivity index (χ4v) is 3.49. The smallest absolute Gasteiger partial charge is 0.408 e. The van der Waals surface area contributed by atoms with Gasteiger partial charge in [-0.1, -0.05) is 27.0 Å². The van der Waals surface area contributed by atoms with Gasteiger partial charge in [0.1, 0.15) is 35.5 Å². The van der Waals surface area contributed by atoms with Crippen molar-refractivity contribution in [2.75, 3.05) is 18.5 Å². The number of hydrogen-bond donors (Lipinski definition) is 5. The van der Waals surface area contributed by atoms with Crippen molar-refractivity contribution >= 4 is 11.9 Å². The Bertz CT molecular complexity index is 1000. The number of aliphatic hydroxyl groups excluding tert-OH is 3. The van der Waals surface area contributed by atoms with Gasteiger partial charge in [-0.3, -0.25) is 4.57 Å². The van der Waals surface area contributed by atoms with E-state index in [1.165, 1.54) is 12.3 Å². The van der Waals surface area contributed by atoms with Crippen LogP contribution in [0.1, 0.15) is 53.7 Å². The monoisotopic (exact) mass is 524 g/mol. The van der Waals surface area contributed by atoms with Gasteiger partial charge in [0.2, 0.25) is 0 Å². The molecule has 0 aliphatic carbocycles. The van der Waals surface area contributed by atoms with E-state index in [9.17, 15) is 24.9 Å². The third-order valence-electron chi connectivity index (χ3n) is 5.34. The van der Waals surface area contributed by atoms with E-state index < -0.39 is 54.6 Å². The minimum Gasteiger partial charge on any atom is -0.496 e. The lowest BCUT2D eigenvalue weighted by atomic mass is 10.1. The maximum Gasteiger partial charge on any atom is 0.408 e. The Morgan fingerprint density at radius 3 is 2.49 bits per heavy atom. The van der Waals surface area contributed by atoms with Gasteiger partial charge in [-0.25, -0.2) is 9.59 Å². The van der Waals surface area contributed by atoms with Gasteiger partial charge in [-0.2, -0.15) is 4.98 Å². The molecule has 1 fully saturated rings. The Labute approximate surface area is 217 Å². The molecule has 0 aromatic carbocycles. The standard InChI is InChI=1S/C25H40N4O8/c1-14(2)13-35-16(4)17(27-24(34)37-25(5,6)7)9-8-15(3)26-19-10-11-29(23(33)28-19)22-21(32)20(31)18(12-30)36-22/h10-11,14,17-18,20-22,30-32H,3-4,8-9,12-13H2,1-2,5-7H3,(H,27,34)(H,26,28,33)/t17?,18-,20+,21?,22-/m1/s1. The Balaban J connectivity index is 2.01. The number of anilines is 1. The molecule has 2 unspecified atom stereocenters. The molecule has 12 nitrogen and oxygen atoms in total. The van der Waals surface area contributed by atoms with Crippen molar-refractivity contribution in [2.24, 2.45) is 5.92 Å². The minimum atomic E-state index is -1.40. The fourth-order valence-electron chi connectivity index (χ4n) is 3.49. The summed E-state index contributed by atoms with van der Waals surface area (Å²) in [6.07, 6.45) is -3.38. The van der Waals surface area contributed by atoms with Crippen molar-refractivity contribution in [1.82, 2.24) is 14.9 Å². The summed E-state index contributed by atoms with van der Waals surface area (Å²) in [5.41, 5.74) is -0.875. The van der Waals surface area contributed by atoms with Gasteiger partial charge in [-0.15, -0.1) is 0 Å². The summed E-state index contributed by atoms with van der Waals surface area (Å²) in [4.78, 5) is 28.8. The number of allylic oxidation sites excluding steroid dienone is 1. The van der Waals surface area contributed by atoms with Crippen LogP contribution in [0.15, 0.2) is 41.7 Å². The van der Waals surface area contributed by atoms with Crippen LogP contribution in [0.4, 0.5) is 10.6 Å². The largest absolute Gasteiger partial charge is 0.496 e. The first kappa shape index (κ1) is 30.3. The number of carbonyl (C=O) groups excluding carboxylic acids is 1. The lowest BCUT2D eigenvalue weighted by Crippen LogP contribution is -2.40. The van der Waals surface area contributed by atoms with Gasteiger partial charge in [0.05, 0.1) is 19.3 Å². The summed E-state index contributed by atoms with van der Waals surface area (Å²) in [6.45, 7) is 17.2. The molecule has 1 amide bonds. The zero-order chi connectivity index (χ0) is 27.9. The van der Waals surface area contributed by atoms with E-state index in [1.54, 1.807) is 20.8 Å². The van der Waals surface area contributed by atoms with Crippen molar-refractivity contribution in [3.05, 3.63) is 47.4 Å². The molecule has 2 rings (SSSR count). The predicted octanol–water partition coefficient (Wildman–Crippen LogP) is 1.64. The quantitative estimate of drug-likeness (QED) is 0.254. The normalized spacial score (nSPS) is 22.4. The third kappa shape index (κ3) is 9.15. The zero-order valence-corrected chi connectivity index (χ0v) is 22.1. The molecule has 1 aliphatic heterocycles. The molecule has 0 spiro atoms. The van der Waals surface area contributed by atoms with E-state index in [0.29, 0.717) is 30.9 Å². The maximum atomic E-state index is 12.5. The number of ether oxygens (including phenoxy) is 3. The number of aliphatic hydroxyl groups is 3. The molecule has 1 aliphatic rings. The van der Waals surface area contributed by atoms with E-state index in [2.05, 4.69) is 28.8 Å². The van der Waals surface area contributed by atoms with Gasteiger partial charge in [0.25, 0.3) is 0 Å². The van der Waals surface area contributed by atoms with Crippen LogP contribution in [0, 0.1) is 5.92 Å². The Hall–Kier alpha value is -2.93. The van der Waals surface area contributed by atoms with Crippen molar-refractivity contribution < 1.29 is 34.3 Å². The third-order valence-corrected chi connectivity index (χ3v) is 5.34. The molecule has 0 saturated carbocycles. The molecule has 37 heavy (non-hydrogen) atoms. The average molecular weight is 525 g/mol. The first-order valence-electron chi connectivity index (χ1n) is 12.2. The van der Waals surface area contributed by atoms with Crippen molar-refractivity contribution in [1.29, 1.82) is 0 Å². The number of amides is 1. The first-order chi connectivity index (χ1) is 17.2. The summed E-state index contributed by atoms with van der Waals surface area (Å²) in [5.74, 6) is 0.883. The number of aromatic nitrogens is 2. The first-order valence-corrected chi connectivity index (χ1v) is 12.2. The molecule has 5 N–H and O–H groups in total. The van der Waals surface area contributed by atoms with Crippen molar-refractivity contribution in [3.63, 3.8) is 0 Å². The number of hydrogen-bond acceptors (Lipinski definition) is 10.